The molecular weight excluding hydrogens is 234 g/mol. The lowest BCUT2D eigenvalue weighted by molar-refractivity contribution is -0.135. The van der Waals surface area contributed by atoms with E-state index >= 15 is 0 Å². The van der Waals surface area contributed by atoms with Gasteiger partial charge in [-0.25, -0.2) is 0 Å². The fraction of sp³-hybridized carbons (Fsp3) is 0.417. The second-order valence-corrected chi connectivity index (χ2v) is 4.49. The summed E-state index contributed by atoms with van der Waals surface area (Å²) in [5.41, 5.74) is 0.608. The van der Waals surface area contributed by atoms with Gasteiger partial charge in [0, 0.05) is 5.56 Å². The number of carbonyl (C=O) groups excluding carboxylic acids is 1. The van der Waals surface area contributed by atoms with Gasteiger partial charge in [0.25, 0.3) is 5.24 Å². The molecule has 0 atom stereocenters. The Kier molecular flexibility index (Phi) is 4.03. The summed E-state index contributed by atoms with van der Waals surface area (Å²) in [7, 11) is 0. The average Bonchev–Trinajstić information content (AvgIpc) is 2.17. The summed E-state index contributed by atoms with van der Waals surface area (Å²) >= 11 is 4.84. The lowest BCUT2D eigenvalue weighted by atomic mass is 10.0. The number of carbonyl (C=O) groups is 1. The Labute approximate surface area is 98.4 Å². The van der Waals surface area contributed by atoms with Crippen LogP contribution in [0.5, 0.6) is 0 Å². The molecule has 0 aliphatic carbocycles. The Morgan fingerprint density at radius 1 is 1.31 bits per heavy atom. The van der Waals surface area contributed by atoms with Gasteiger partial charge in [0.1, 0.15) is 0 Å². The van der Waals surface area contributed by atoms with Crippen LogP contribution in [0.2, 0.25) is 0 Å². The summed E-state index contributed by atoms with van der Waals surface area (Å²) in [6, 6.07) is 5.70. The monoisotopic (exact) mass is 246 g/mol. The average molecular weight is 247 g/mol. The van der Waals surface area contributed by atoms with Gasteiger partial charge in [0.05, 0.1) is 0 Å². The van der Waals surface area contributed by atoms with E-state index in [0.29, 0.717) is 5.92 Å². The van der Waals surface area contributed by atoms with Gasteiger partial charge in [-0.3, -0.25) is 4.79 Å². The van der Waals surface area contributed by atoms with E-state index in [2.05, 4.69) is 0 Å². The SMILES string of the molecule is CC(C)Cc1ccc(C(F)(F)C(=O)Cl)cc1. The molecule has 88 valence electrons. The molecule has 1 aromatic carbocycles. The van der Waals surface area contributed by atoms with Crippen LogP contribution in [-0.4, -0.2) is 5.24 Å². The number of halogens is 3. The standard InChI is InChI=1S/C12H13ClF2O/c1-8(2)7-9-3-5-10(6-4-9)12(14,15)11(13)16/h3-6,8H,7H2,1-2H3. The fourth-order valence-electron chi connectivity index (χ4n) is 1.44. The molecule has 1 aromatic rings. The van der Waals surface area contributed by atoms with Crippen LogP contribution < -0.4 is 0 Å². The summed E-state index contributed by atoms with van der Waals surface area (Å²) in [6.45, 7) is 4.09. The van der Waals surface area contributed by atoms with Crippen LogP contribution >= 0.6 is 11.6 Å². The first kappa shape index (κ1) is 13.1. The van der Waals surface area contributed by atoms with Gasteiger partial charge in [-0.1, -0.05) is 38.1 Å². The highest BCUT2D eigenvalue weighted by Crippen LogP contribution is 2.30. The third kappa shape index (κ3) is 3.01. The lowest BCUT2D eigenvalue weighted by Crippen LogP contribution is -2.21. The first-order valence-corrected chi connectivity index (χ1v) is 5.39. The molecule has 1 rings (SSSR count). The first-order valence-electron chi connectivity index (χ1n) is 5.01. The third-order valence-electron chi connectivity index (χ3n) is 2.21. The van der Waals surface area contributed by atoms with Crippen LogP contribution in [0, 0.1) is 5.92 Å². The van der Waals surface area contributed by atoms with Gasteiger partial charge < -0.3 is 0 Å². The quantitative estimate of drug-likeness (QED) is 0.740. The minimum Gasteiger partial charge on any atom is -0.274 e. The van der Waals surface area contributed by atoms with E-state index in [1.165, 1.54) is 12.1 Å². The minimum absolute atomic E-state index is 0.361. The Balaban J connectivity index is 2.91. The Bertz CT molecular complexity index is 371. The van der Waals surface area contributed by atoms with Crippen LogP contribution in [0.4, 0.5) is 8.78 Å². The molecule has 0 spiro atoms. The first-order chi connectivity index (χ1) is 7.34. The molecule has 0 heterocycles. The molecule has 0 fully saturated rings. The molecule has 0 radical (unpaired) electrons. The van der Waals surface area contributed by atoms with Crippen LogP contribution in [-0.2, 0) is 17.1 Å². The van der Waals surface area contributed by atoms with Gasteiger partial charge in [-0.2, -0.15) is 8.78 Å². The van der Waals surface area contributed by atoms with Crippen LogP contribution in [0.1, 0.15) is 25.0 Å². The highest BCUT2D eigenvalue weighted by molar-refractivity contribution is 6.65. The van der Waals surface area contributed by atoms with E-state index < -0.39 is 11.2 Å². The zero-order valence-electron chi connectivity index (χ0n) is 9.14. The van der Waals surface area contributed by atoms with Crippen LogP contribution in [0.15, 0.2) is 24.3 Å². The molecule has 16 heavy (non-hydrogen) atoms. The Hall–Kier alpha value is -0.960. The number of benzene rings is 1. The van der Waals surface area contributed by atoms with Crippen molar-refractivity contribution in [2.75, 3.05) is 0 Å². The molecule has 0 saturated carbocycles. The van der Waals surface area contributed by atoms with E-state index in [-0.39, 0.29) is 5.56 Å². The van der Waals surface area contributed by atoms with Gasteiger partial charge in [-0.15, -0.1) is 0 Å². The summed E-state index contributed by atoms with van der Waals surface area (Å²) < 4.78 is 26.4. The third-order valence-corrected chi connectivity index (χ3v) is 2.44. The van der Waals surface area contributed by atoms with Crippen molar-refractivity contribution in [1.82, 2.24) is 0 Å². The molecule has 0 aliphatic rings. The van der Waals surface area contributed by atoms with E-state index in [4.69, 9.17) is 11.6 Å². The fourth-order valence-corrected chi connectivity index (χ4v) is 1.54. The van der Waals surface area contributed by atoms with E-state index in [1.807, 2.05) is 13.8 Å². The summed E-state index contributed by atoms with van der Waals surface area (Å²) in [5.74, 6) is -3.14. The van der Waals surface area contributed by atoms with Crippen LogP contribution in [0.25, 0.3) is 0 Å². The maximum Gasteiger partial charge on any atom is 0.345 e. The van der Waals surface area contributed by atoms with Gasteiger partial charge in [0.15, 0.2) is 0 Å². The topological polar surface area (TPSA) is 17.1 Å². The summed E-state index contributed by atoms with van der Waals surface area (Å²) in [6.07, 6.45) is 0.820. The molecule has 0 N–H and O–H groups in total. The number of hydrogen-bond acceptors (Lipinski definition) is 1. The normalized spacial score (nSPS) is 11.9. The largest absolute Gasteiger partial charge is 0.345 e. The van der Waals surface area contributed by atoms with Gasteiger partial charge in [0.2, 0.25) is 0 Å². The van der Waals surface area contributed by atoms with Crippen molar-refractivity contribution in [3.63, 3.8) is 0 Å². The summed E-state index contributed by atoms with van der Waals surface area (Å²) in [4.78, 5) is 10.5. The van der Waals surface area contributed by atoms with E-state index in [0.717, 1.165) is 12.0 Å². The zero-order chi connectivity index (χ0) is 12.3. The molecular formula is C12H13ClF2O. The van der Waals surface area contributed by atoms with Gasteiger partial charge >= 0.3 is 5.92 Å². The Morgan fingerprint density at radius 2 is 1.81 bits per heavy atom. The Morgan fingerprint density at radius 3 is 2.19 bits per heavy atom. The van der Waals surface area contributed by atoms with Crippen molar-refractivity contribution in [2.45, 2.75) is 26.2 Å². The predicted octanol–water partition coefficient (Wildman–Crippen LogP) is 3.74. The molecule has 0 unspecified atom stereocenters. The summed E-state index contributed by atoms with van der Waals surface area (Å²) in [5, 5.41) is -1.65. The molecule has 0 saturated heterocycles. The number of rotatable bonds is 4. The van der Waals surface area contributed by atoms with Crippen molar-refractivity contribution < 1.29 is 13.6 Å². The van der Waals surface area contributed by atoms with Crippen LogP contribution in [0.3, 0.4) is 0 Å². The molecule has 0 bridgehead atoms. The predicted molar refractivity (Wildman–Crippen MR) is 59.7 cm³/mol. The zero-order valence-corrected chi connectivity index (χ0v) is 9.89. The molecule has 4 heteroatoms. The highest BCUT2D eigenvalue weighted by atomic mass is 35.5. The van der Waals surface area contributed by atoms with Crippen molar-refractivity contribution in [3.8, 4) is 0 Å². The molecule has 0 aliphatic heterocycles. The molecule has 0 aromatic heterocycles. The lowest BCUT2D eigenvalue weighted by Gasteiger charge is -2.12. The number of alkyl halides is 2. The smallest absolute Gasteiger partial charge is 0.274 e. The number of hydrogen-bond donors (Lipinski definition) is 0. The molecule has 0 amide bonds. The highest BCUT2D eigenvalue weighted by Gasteiger charge is 2.39. The maximum absolute atomic E-state index is 13.2. The minimum atomic E-state index is -3.60. The van der Waals surface area contributed by atoms with Crippen molar-refractivity contribution >= 4 is 16.8 Å². The van der Waals surface area contributed by atoms with Gasteiger partial charge in [-0.05, 0) is 29.5 Å². The van der Waals surface area contributed by atoms with Crippen molar-refractivity contribution in [1.29, 1.82) is 0 Å². The second-order valence-electron chi connectivity index (χ2n) is 4.14. The second kappa shape index (κ2) is 4.91. The van der Waals surface area contributed by atoms with E-state index in [1.54, 1.807) is 12.1 Å². The van der Waals surface area contributed by atoms with Crippen molar-refractivity contribution in [2.24, 2.45) is 5.92 Å². The molecule has 1 nitrogen and oxygen atoms in total. The van der Waals surface area contributed by atoms with Crippen molar-refractivity contribution in [3.05, 3.63) is 35.4 Å². The van der Waals surface area contributed by atoms with E-state index in [9.17, 15) is 13.6 Å². The maximum atomic E-state index is 13.2.